The van der Waals surface area contributed by atoms with Crippen molar-refractivity contribution >= 4 is 23.1 Å². The molecule has 5 nitrogen and oxygen atoms in total. The molecule has 0 aliphatic rings. The fraction of sp³-hybridized carbons (Fsp3) is 0.143. The van der Waals surface area contributed by atoms with Crippen LogP contribution in [0.2, 0.25) is 5.15 Å². The molecule has 6 heteroatoms. The van der Waals surface area contributed by atoms with E-state index in [1.807, 2.05) is 38.1 Å². The van der Waals surface area contributed by atoms with Crippen molar-refractivity contribution in [3.63, 3.8) is 0 Å². The maximum absolute atomic E-state index is 8.96. The number of rotatable bonds is 2. The summed E-state index contributed by atoms with van der Waals surface area (Å²) in [6, 6.07) is 9.40. The smallest absolute Gasteiger partial charge is 0.179 e. The van der Waals surface area contributed by atoms with E-state index in [0.717, 1.165) is 16.8 Å². The number of nitriles is 2. The molecule has 20 heavy (non-hydrogen) atoms. The standard InChI is InChI=1S/C14H10ClN5/c1-8-4-3-5-10(9(8)2)19-14-13(15)18-11(6-16)12(7-17)20-14/h3-5H,1-2H3,(H,19,20). The van der Waals surface area contributed by atoms with E-state index in [0.29, 0.717) is 0 Å². The molecule has 1 N–H and O–H groups in total. The summed E-state index contributed by atoms with van der Waals surface area (Å²) in [6.45, 7) is 3.96. The molecule has 0 radical (unpaired) electrons. The molecule has 2 aromatic rings. The van der Waals surface area contributed by atoms with Crippen molar-refractivity contribution in [3.05, 3.63) is 45.9 Å². The third kappa shape index (κ3) is 2.54. The Kier molecular flexibility index (Phi) is 3.84. The molecule has 0 amide bonds. The number of hydrogen-bond acceptors (Lipinski definition) is 5. The van der Waals surface area contributed by atoms with Crippen LogP contribution in [0.1, 0.15) is 22.5 Å². The molecule has 1 heterocycles. The van der Waals surface area contributed by atoms with Crippen LogP contribution >= 0.6 is 11.6 Å². The molecule has 0 saturated carbocycles. The van der Waals surface area contributed by atoms with Gasteiger partial charge in [-0.25, -0.2) is 9.97 Å². The van der Waals surface area contributed by atoms with Gasteiger partial charge in [0.15, 0.2) is 22.4 Å². The molecule has 98 valence electrons. The summed E-state index contributed by atoms with van der Waals surface area (Å²) in [4.78, 5) is 7.91. The number of aryl methyl sites for hydroxylation is 1. The highest BCUT2D eigenvalue weighted by molar-refractivity contribution is 6.31. The second-order valence-electron chi connectivity index (χ2n) is 4.16. The summed E-state index contributed by atoms with van der Waals surface area (Å²) >= 11 is 5.98. The topological polar surface area (TPSA) is 85.4 Å². The zero-order valence-electron chi connectivity index (χ0n) is 10.9. The third-order valence-corrected chi connectivity index (χ3v) is 3.19. The van der Waals surface area contributed by atoms with Gasteiger partial charge in [-0.1, -0.05) is 23.7 Å². The first-order chi connectivity index (χ1) is 9.56. The monoisotopic (exact) mass is 283 g/mol. The highest BCUT2D eigenvalue weighted by atomic mass is 35.5. The molecular weight excluding hydrogens is 274 g/mol. The predicted octanol–water partition coefficient (Wildman–Crippen LogP) is 3.23. The van der Waals surface area contributed by atoms with E-state index in [1.54, 1.807) is 6.07 Å². The van der Waals surface area contributed by atoms with Gasteiger partial charge in [0.1, 0.15) is 12.1 Å². The van der Waals surface area contributed by atoms with Gasteiger partial charge >= 0.3 is 0 Å². The normalized spacial score (nSPS) is 9.65. The zero-order valence-corrected chi connectivity index (χ0v) is 11.7. The van der Waals surface area contributed by atoms with Crippen LogP contribution in [0.5, 0.6) is 0 Å². The lowest BCUT2D eigenvalue weighted by atomic mass is 10.1. The van der Waals surface area contributed by atoms with E-state index in [2.05, 4.69) is 15.3 Å². The molecule has 0 aliphatic carbocycles. The minimum absolute atomic E-state index is 0.0512. The average molecular weight is 284 g/mol. The van der Waals surface area contributed by atoms with Crippen molar-refractivity contribution in [2.24, 2.45) is 0 Å². The number of hydrogen-bond donors (Lipinski definition) is 1. The Morgan fingerprint density at radius 1 is 1.10 bits per heavy atom. The Balaban J connectivity index is 2.47. The Bertz CT molecular complexity index is 755. The predicted molar refractivity (Wildman–Crippen MR) is 75.7 cm³/mol. The Hall–Kier alpha value is -2.63. The first-order valence-electron chi connectivity index (χ1n) is 5.77. The second-order valence-corrected chi connectivity index (χ2v) is 4.51. The summed E-state index contributed by atoms with van der Waals surface area (Å²) < 4.78 is 0. The Labute approximate surface area is 121 Å². The quantitative estimate of drug-likeness (QED) is 0.914. The first kappa shape index (κ1) is 13.8. The fourth-order valence-electron chi connectivity index (χ4n) is 1.66. The van der Waals surface area contributed by atoms with Gasteiger partial charge in [-0.15, -0.1) is 0 Å². The van der Waals surface area contributed by atoms with E-state index >= 15 is 0 Å². The van der Waals surface area contributed by atoms with Crippen LogP contribution in [-0.2, 0) is 0 Å². The third-order valence-electron chi connectivity index (χ3n) is 2.92. The fourth-order valence-corrected chi connectivity index (χ4v) is 1.84. The van der Waals surface area contributed by atoms with Crippen molar-refractivity contribution < 1.29 is 0 Å². The van der Waals surface area contributed by atoms with Gasteiger partial charge < -0.3 is 5.32 Å². The first-order valence-corrected chi connectivity index (χ1v) is 6.15. The molecule has 0 bridgehead atoms. The van der Waals surface area contributed by atoms with Gasteiger partial charge in [-0.05, 0) is 31.0 Å². The van der Waals surface area contributed by atoms with Crippen LogP contribution in [0.25, 0.3) is 0 Å². The lowest BCUT2D eigenvalue weighted by Gasteiger charge is -2.11. The summed E-state index contributed by atoms with van der Waals surface area (Å²) in [5.41, 5.74) is 2.87. The highest BCUT2D eigenvalue weighted by Gasteiger charge is 2.13. The molecule has 0 fully saturated rings. The number of halogens is 1. The highest BCUT2D eigenvalue weighted by Crippen LogP contribution is 2.26. The van der Waals surface area contributed by atoms with Crippen LogP contribution in [0.15, 0.2) is 18.2 Å². The largest absolute Gasteiger partial charge is 0.337 e. The molecule has 0 spiro atoms. The van der Waals surface area contributed by atoms with Crippen molar-refractivity contribution in [2.75, 3.05) is 5.32 Å². The molecule has 0 unspecified atom stereocenters. The lowest BCUT2D eigenvalue weighted by molar-refractivity contribution is 1.13. The van der Waals surface area contributed by atoms with Crippen LogP contribution in [0.4, 0.5) is 11.5 Å². The number of anilines is 2. The Morgan fingerprint density at radius 3 is 2.40 bits per heavy atom. The molecule has 0 saturated heterocycles. The van der Waals surface area contributed by atoms with Gasteiger partial charge in [-0.3, -0.25) is 0 Å². The van der Waals surface area contributed by atoms with E-state index in [-0.39, 0.29) is 22.4 Å². The van der Waals surface area contributed by atoms with Crippen molar-refractivity contribution in [3.8, 4) is 12.1 Å². The van der Waals surface area contributed by atoms with E-state index in [4.69, 9.17) is 22.1 Å². The van der Waals surface area contributed by atoms with Crippen LogP contribution in [0.3, 0.4) is 0 Å². The number of nitrogens with zero attached hydrogens (tertiary/aromatic N) is 4. The second kappa shape index (κ2) is 5.56. The molecule has 1 aromatic carbocycles. The molecule has 0 atom stereocenters. The molecular formula is C14H10ClN5. The Morgan fingerprint density at radius 2 is 1.75 bits per heavy atom. The van der Waals surface area contributed by atoms with Gasteiger partial charge in [0.05, 0.1) is 0 Å². The van der Waals surface area contributed by atoms with Gasteiger partial charge in [0.25, 0.3) is 0 Å². The van der Waals surface area contributed by atoms with E-state index in [9.17, 15) is 0 Å². The van der Waals surface area contributed by atoms with Crippen molar-refractivity contribution in [1.82, 2.24) is 9.97 Å². The van der Waals surface area contributed by atoms with E-state index in [1.165, 1.54) is 0 Å². The number of aromatic nitrogens is 2. The van der Waals surface area contributed by atoms with Crippen LogP contribution < -0.4 is 5.32 Å². The minimum atomic E-state index is -0.0796. The number of benzene rings is 1. The number of nitrogens with one attached hydrogen (secondary N) is 1. The van der Waals surface area contributed by atoms with Crippen molar-refractivity contribution in [1.29, 1.82) is 10.5 Å². The molecule has 1 aromatic heterocycles. The van der Waals surface area contributed by atoms with Crippen LogP contribution in [-0.4, -0.2) is 9.97 Å². The summed E-state index contributed by atoms with van der Waals surface area (Å²) in [7, 11) is 0. The van der Waals surface area contributed by atoms with E-state index < -0.39 is 0 Å². The maximum atomic E-state index is 8.96. The average Bonchev–Trinajstić information content (AvgIpc) is 2.45. The summed E-state index contributed by atoms with van der Waals surface area (Å²) in [6.07, 6.45) is 0. The van der Waals surface area contributed by atoms with Gasteiger partial charge in [0.2, 0.25) is 0 Å². The van der Waals surface area contributed by atoms with Gasteiger partial charge in [-0.2, -0.15) is 10.5 Å². The SMILES string of the molecule is Cc1cccc(Nc2nc(C#N)c(C#N)nc2Cl)c1C. The summed E-state index contributed by atoms with van der Waals surface area (Å²) in [5.74, 6) is 0.260. The van der Waals surface area contributed by atoms with Crippen molar-refractivity contribution in [2.45, 2.75) is 13.8 Å². The minimum Gasteiger partial charge on any atom is -0.337 e. The molecule has 2 rings (SSSR count). The lowest BCUT2D eigenvalue weighted by Crippen LogP contribution is -2.03. The van der Waals surface area contributed by atoms with Gasteiger partial charge in [0, 0.05) is 5.69 Å². The van der Waals surface area contributed by atoms with Crippen LogP contribution in [0, 0.1) is 36.5 Å². The maximum Gasteiger partial charge on any atom is 0.179 e. The molecule has 0 aliphatic heterocycles. The summed E-state index contributed by atoms with van der Waals surface area (Å²) in [5, 5.41) is 20.9. The zero-order chi connectivity index (χ0) is 14.7.